The molecule has 2 aliphatic rings. The molecule has 19 heavy (non-hydrogen) atoms. The number of rotatable bonds is 2. The molecule has 3 nitrogen and oxygen atoms in total. The second kappa shape index (κ2) is 5.40. The van der Waals surface area contributed by atoms with Gasteiger partial charge in [0.05, 0.1) is 13.2 Å². The van der Waals surface area contributed by atoms with Crippen LogP contribution >= 0.6 is 11.8 Å². The summed E-state index contributed by atoms with van der Waals surface area (Å²) in [5.41, 5.74) is 6.19. The first-order valence-corrected chi connectivity index (χ1v) is 7.51. The Balaban J connectivity index is 1.71. The van der Waals surface area contributed by atoms with E-state index in [-0.39, 0.29) is 17.1 Å². The predicted octanol–water partition coefficient (Wildman–Crippen LogP) is 2.54. The third-order valence-electron chi connectivity index (χ3n) is 3.75. The highest BCUT2D eigenvalue weighted by Crippen LogP contribution is 2.41. The topological polar surface area (TPSA) is 44.5 Å². The Bertz CT molecular complexity index is 451. The smallest absolute Gasteiger partial charge is 0.169 e. The Hall–Kier alpha value is -0.620. The molecule has 2 atom stereocenters. The number of halogens is 1. The van der Waals surface area contributed by atoms with Crippen molar-refractivity contribution in [3.05, 3.63) is 30.1 Å². The number of nitrogens with two attached hydrogens (primary N) is 1. The summed E-state index contributed by atoms with van der Waals surface area (Å²) < 4.78 is 24.7. The average Bonchev–Trinajstić information content (AvgIpc) is 2.83. The van der Waals surface area contributed by atoms with Crippen LogP contribution in [0.25, 0.3) is 0 Å². The van der Waals surface area contributed by atoms with Crippen molar-refractivity contribution in [3.63, 3.8) is 0 Å². The molecule has 2 fully saturated rings. The van der Waals surface area contributed by atoms with Crippen LogP contribution in [0.2, 0.25) is 0 Å². The first-order chi connectivity index (χ1) is 9.17. The zero-order valence-corrected chi connectivity index (χ0v) is 11.5. The molecule has 1 aromatic rings. The van der Waals surface area contributed by atoms with Gasteiger partial charge in [-0.05, 0) is 24.6 Å². The lowest BCUT2D eigenvalue weighted by Crippen LogP contribution is -2.47. The van der Waals surface area contributed by atoms with E-state index in [0.29, 0.717) is 13.2 Å². The maximum Gasteiger partial charge on any atom is 0.169 e. The molecule has 104 valence electrons. The molecule has 1 heterocycles. The molecule has 1 aliphatic heterocycles. The van der Waals surface area contributed by atoms with Crippen molar-refractivity contribution in [2.75, 3.05) is 13.2 Å². The summed E-state index contributed by atoms with van der Waals surface area (Å²) in [6.45, 7) is 1.32. The Morgan fingerprint density at radius 3 is 2.84 bits per heavy atom. The lowest BCUT2D eigenvalue weighted by Gasteiger charge is -2.39. The molecule has 0 bridgehead atoms. The van der Waals surface area contributed by atoms with Crippen LogP contribution in [0.4, 0.5) is 4.39 Å². The average molecular weight is 283 g/mol. The molecule has 1 aromatic carbocycles. The molecule has 0 aromatic heterocycles. The lowest BCUT2D eigenvalue weighted by atomic mass is 9.90. The summed E-state index contributed by atoms with van der Waals surface area (Å²) >= 11 is 1.62. The van der Waals surface area contributed by atoms with Crippen LogP contribution in [-0.4, -0.2) is 30.3 Å². The summed E-state index contributed by atoms with van der Waals surface area (Å²) in [6, 6.07) is 6.75. The first kappa shape index (κ1) is 13.4. The molecule has 5 heteroatoms. The Morgan fingerprint density at radius 2 is 2.11 bits per heavy atom. The van der Waals surface area contributed by atoms with E-state index in [1.165, 1.54) is 6.07 Å². The summed E-state index contributed by atoms with van der Waals surface area (Å²) in [5.74, 6) is -0.654. The summed E-state index contributed by atoms with van der Waals surface area (Å²) in [6.07, 6.45) is 2.51. The van der Waals surface area contributed by atoms with Gasteiger partial charge >= 0.3 is 0 Å². The van der Waals surface area contributed by atoms with Gasteiger partial charge in [-0.1, -0.05) is 6.07 Å². The van der Waals surface area contributed by atoms with Crippen LogP contribution < -0.4 is 5.73 Å². The van der Waals surface area contributed by atoms with Gasteiger partial charge in [-0.3, -0.25) is 0 Å². The van der Waals surface area contributed by atoms with Gasteiger partial charge in [0.25, 0.3) is 0 Å². The highest BCUT2D eigenvalue weighted by atomic mass is 32.2. The summed E-state index contributed by atoms with van der Waals surface area (Å²) in [4.78, 5) is 0.912. The number of hydrogen-bond acceptors (Lipinski definition) is 4. The minimum absolute atomic E-state index is 0.103. The fourth-order valence-electron chi connectivity index (χ4n) is 2.74. The van der Waals surface area contributed by atoms with Crippen molar-refractivity contribution in [1.82, 2.24) is 0 Å². The van der Waals surface area contributed by atoms with E-state index in [4.69, 9.17) is 15.2 Å². The summed E-state index contributed by atoms with van der Waals surface area (Å²) in [7, 11) is 0. The molecule has 1 saturated heterocycles. The van der Waals surface area contributed by atoms with Gasteiger partial charge in [-0.2, -0.15) is 0 Å². The minimum atomic E-state index is -0.444. The molecule has 1 aliphatic carbocycles. The van der Waals surface area contributed by atoms with E-state index in [1.807, 2.05) is 6.07 Å². The first-order valence-electron chi connectivity index (χ1n) is 6.63. The number of thioether (sulfide) groups is 1. The van der Waals surface area contributed by atoms with Gasteiger partial charge in [0, 0.05) is 29.0 Å². The van der Waals surface area contributed by atoms with Crippen LogP contribution in [0, 0.1) is 5.82 Å². The van der Waals surface area contributed by atoms with Gasteiger partial charge in [0.15, 0.2) is 5.79 Å². The highest BCUT2D eigenvalue weighted by Gasteiger charge is 2.44. The van der Waals surface area contributed by atoms with E-state index in [0.717, 1.165) is 24.2 Å². The van der Waals surface area contributed by atoms with Crippen molar-refractivity contribution in [2.45, 2.75) is 41.2 Å². The maximum atomic E-state index is 13.2. The monoisotopic (exact) mass is 283 g/mol. The van der Waals surface area contributed by atoms with Gasteiger partial charge in [-0.25, -0.2) is 4.39 Å². The van der Waals surface area contributed by atoms with Gasteiger partial charge < -0.3 is 15.2 Å². The molecular formula is C14H18FNO2S. The van der Waals surface area contributed by atoms with Crippen LogP contribution in [-0.2, 0) is 9.47 Å². The second-order valence-corrected chi connectivity index (χ2v) is 6.44. The molecule has 1 spiro atoms. The second-order valence-electron chi connectivity index (χ2n) is 5.13. The van der Waals surface area contributed by atoms with E-state index in [9.17, 15) is 4.39 Å². The zero-order chi connectivity index (χ0) is 13.3. The molecular weight excluding hydrogens is 265 g/mol. The standard InChI is InChI=1S/C14H18FNO2S/c15-10-2-1-3-11(8-10)19-13-9-14(5-4-12(13)16)17-6-7-18-14/h1-3,8,12-13H,4-7,9,16H2. The lowest BCUT2D eigenvalue weighted by molar-refractivity contribution is -0.176. The molecule has 2 unspecified atom stereocenters. The third kappa shape index (κ3) is 2.94. The molecule has 2 N–H and O–H groups in total. The zero-order valence-electron chi connectivity index (χ0n) is 10.7. The van der Waals surface area contributed by atoms with Gasteiger partial charge in [0.2, 0.25) is 0 Å². The SMILES string of the molecule is NC1CCC2(CC1Sc1cccc(F)c1)OCCO2. The van der Waals surface area contributed by atoms with E-state index < -0.39 is 5.79 Å². The quantitative estimate of drug-likeness (QED) is 0.906. The van der Waals surface area contributed by atoms with E-state index in [1.54, 1.807) is 23.9 Å². The maximum absolute atomic E-state index is 13.2. The van der Waals surface area contributed by atoms with Crippen molar-refractivity contribution in [3.8, 4) is 0 Å². The Morgan fingerprint density at radius 1 is 1.32 bits per heavy atom. The largest absolute Gasteiger partial charge is 0.347 e. The van der Waals surface area contributed by atoms with Crippen molar-refractivity contribution in [2.24, 2.45) is 5.73 Å². The number of ether oxygens (including phenoxy) is 2. The van der Waals surface area contributed by atoms with E-state index >= 15 is 0 Å². The molecule has 0 radical (unpaired) electrons. The van der Waals surface area contributed by atoms with Crippen LogP contribution in [0.3, 0.4) is 0 Å². The number of benzene rings is 1. The predicted molar refractivity (Wildman–Crippen MR) is 72.5 cm³/mol. The third-order valence-corrected chi connectivity index (χ3v) is 5.09. The number of hydrogen-bond donors (Lipinski definition) is 1. The van der Waals surface area contributed by atoms with Gasteiger partial charge in [-0.15, -0.1) is 11.8 Å². The minimum Gasteiger partial charge on any atom is -0.347 e. The molecule has 3 rings (SSSR count). The summed E-state index contributed by atoms with van der Waals surface area (Å²) in [5, 5.41) is 0.202. The Kier molecular flexibility index (Phi) is 3.80. The van der Waals surface area contributed by atoms with Crippen molar-refractivity contribution in [1.29, 1.82) is 0 Å². The van der Waals surface area contributed by atoms with Crippen molar-refractivity contribution < 1.29 is 13.9 Å². The fourth-order valence-corrected chi connectivity index (χ4v) is 4.07. The normalized spacial score (nSPS) is 29.8. The van der Waals surface area contributed by atoms with Crippen molar-refractivity contribution >= 4 is 11.8 Å². The Labute approximate surface area is 116 Å². The molecule has 0 amide bonds. The van der Waals surface area contributed by atoms with Crippen LogP contribution in [0.5, 0.6) is 0 Å². The fraction of sp³-hybridized carbons (Fsp3) is 0.571. The highest BCUT2D eigenvalue weighted by molar-refractivity contribution is 8.00. The molecule has 1 saturated carbocycles. The van der Waals surface area contributed by atoms with Gasteiger partial charge in [0.1, 0.15) is 5.82 Å². The van der Waals surface area contributed by atoms with Crippen LogP contribution in [0.1, 0.15) is 19.3 Å². The van der Waals surface area contributed by atoms with E-state index in [2.05, 4.69) is 0 Å². The van der Waals surface area contributed by atoms with Crippen LogP contribution in [0.15, 0.2) is 29.2 Å².